The van der Waals surface area contributed by atoms with Crippen molar-refractivity contribution < 1.29 is 13.9 Å². The average molecular weight is 249 g/mol. The molecule has 6 nitrogen and oxygen atoms in total. The molecular formula is C9H13ClN2O4. The first kappa shape index (κ1) is 13.0. The number of aromatic nitrogens is 1. The molecule has 0 aromatic carbocycles. The maximum Gasteiger partial charge on any atom is 0.379 e. The third-order valence-electron chi connectivity index (χ3n) is 1.90. The van der Waals surface area contributed by atoms with E-state index >= 15 is 0 Å². The fraction of sp³-hybridized carbons (Fsp3) is 0.556. The normalized spacial score (nSPS) is 10.8. The van der Waals surface area contributed by atoms with E-state index in [1.165, 1.54) is 14.2 Å². The second-order valence-electron chi connectivity index (χ2n) is 2.98. The highest BCUT2D eigenvalue weighted by Crippen LogP contribution is 2.11. The number of aryl methyl sites for hydroxylation is 1. The zero-order chi connectivity index (χ0) is 12.1. The molecular weight excluding hydrogens is 236 g/mol. The van der Waals surface area contributed by atoms with Gasteiger partial charge in [0.1, 0.15) is 5.76 Å². The molecule has 0 bridgehead atoms. The Morgan fingerprint density at radius 2 is 2.12 bits per heavy atom. The number of halogens is 1. The Bertz CT molecular complexity index is 403. The lowest BCUT2D eigenvalue weighted by Crippen LogP contribution is -2.26. The average Bonchev–Trinajstić information content (AvgIpc) is 2.26. The number of nitrogens with one attached hydrogen (secondary N) is 1. The first-order chi connectivity index (χ1) is 7.58. The number of anilines is 1. The summed E-state index contributed by atoms with van der Waals surface area (Å²) in [5.41, 5.74) is -0.576. The predicted octanol–water partition coefficient (Wildman–Crippen LogP) is 1.03. The molecule has 0 saturated heterocycles. The van der Waals surface area contributed by atoms with Crippen molar-refractivity contribution in [2.75, 3.05) is 26.1 Å². The second kappa shape index (κ2) is 5.83. The van der Waals surface area contributed by atoms with E-state index in [1.807, 2.05) is 0 Å². The molecule has 0 atom stereocenters. The van der Waals surface area contributed by atoms with Gasteiger partial charge in [-0.3, -0.25) is 0 Å². The van der Waals surface area contributed by atoms with Crippen molar-refractivity contribution in [3.63, 3.8) is 0 Å². The van der Waals surface area contributed by atoms with Crippen LogP contribution < -0.4 is 10.9 Å². The van der Waals surface area contributed by atoms with Gasteiger partial charge in [-0.05, 0) is 6.92 Å². The molecule has 0 amide bonds. The first-order valence-electron chi connectivity index (χ1n) is 4.55. The molecule has 0 unspecified atom stereocenters. The molecule has 1 N–H and O–H groups in total. The number of nitrogens with zero attached hydrogens (tertiary/aromatic N) is 1. The Kier molecular flexibility index (Phi) is 4.72. The van der Waals surface area contributed by atoms with Gasteiger partial charge < -0.3 is 19.2 Å². The van der Waals surface area contributed by atoms with Crippen LogP contribution in [0.1, 0.15) is 5.76 Å². The SMILES string of the molecule is COC(CNc1nc(Cl)c(C)oc1=O)OC. The van der Waals surface area contributed by atoms with E-state index < -0.39 is 11.9 Å². The van der Waals surface area contributed by atoms with Crippen LogP contribution in [-0.2, 0) is 9.47 Å². The van der Waals surface area contributed by atoms with Gasteiger partial charge in [0.15, 0.2) is 11.4 Å². The van der Waals surface area contributed by atoms with E-state index in [1.54, 1.807) is 6.92 Å². The number of hydrogen-bond acceptors (Lipinski definition) is 6. The maximum atomic E-state index is 11.3. The largest absolute Gasteiger partial charge is 0.422 e. The molecule has 90 valence electrons. The summed E-state index contributed by atoms with van der Waals surface area (Å²) >= 11 is 5.72. The molecule has 0 aliphatic heterocycles. The molecule has 1 heterocycles. The lowest BCUT2D eigenvalue weighted by molar-refractivity contribution is -0.0914. The smallest absolute Gasteiger partial charge is 0.379 e. The topological polar surface area (TPSA) is 73.6 Å². The van der Waals surface area contributed by atoms with E-state index in [4.69, 9.17) is 25.5 Å². The van der Waals surface area contributed by atoms with Crippen LogP contribution in [0.2, 0.25) is 5.15 Å². The molecule has 1 aromatic rings. The van der Waals surface area contributed by atoms with Gasteiger partial charge in [0.2, 0.25) is 5.82 Å². The summed E-state index contributed by atoms with van der Waals surface area (Å²) in [6.45, 7) is 1.83. The molecule has 0 aliphatic rings. The third-order valence-corrected chi connectivity index (χ3v) is 2.25. The van der Waals surface area contributed by atoms with E-state index in [9.17, 15) is 4.79 Å². The summed E-state index contributed by atoms with van der Waals surface area (Å²) in [4.78, 5) is 15.2. The summed E-state index contributed by atoms with van der Waals surface area (Å²) in [7, 11) is 2.99. The quantitative estimate of drug-likeness (QED) is 0.785. The molecule has 1 rings (SSSR count). The Hall–Kier alpha value is -1.11. The van der Waals surface area contributed by atoms with Crippen molar-refractivity contribution in [3.05, 3.63) is 21.3 Å². The van der Waals surface area contributed by atoms with Crippen LogP contribution >= 0.6 is 11.6 Å². The van der Waals surface area contributed by atoms with Gasteiger partial charge in [-0.15, -0.1) is 0 Å². The Morgan fingerprint density at radius 3 is 2.69 bits per heavy atom. The molecule has 0 fully saturated rings. The van der Waals surface area contributed by atoms with E-state index in [2.05, 4.69) is 10.3 Å². The fourth-order valence-corrected chi connectivity index (χ4v) is 1.13. The minimum atomic E-state index is -0.576. The van der Waals surface area contributed by atoms with Crippen LogP contribution in [0.15, 0.2) is 9.21 Å². The van der Waals surface area contributed by atoms with Gasteiger partial charge >= 0.3 is 5.63 Å². The molecule has 0 saturated carbocycles. The Labute approximate surface area is 97.5 Å². The first-order valence-corrected chi connectivity index (χ1v) is 4.93. The van der Waals surface area contributed by atoms with Crippen LogP contribution in [0.3, 0.4) is 0 Å². The highest BCUT2D eigenvalue weighted by Gasteiger charge is 2.10. The van der Waals surface area contributed by atoms with Crippen molar-refractivity contribution in [3.8, 4) is 0 Å². The van der Waals surface area contributed by atoms with Crippen LogP contribution in [0.25, 0.3) is 0 Å². The van der Waals surface area contributed by atoms with Crippen LogP contribution in [-0.4, -0.2) is 32.0 Å². The highest BCUT2D eigenvalue weighted by molar-refractivity contribution is 6.29. The highest BCUT2D eigenvalue weighted by atomic mass is 35.5. The monoisotopic (exact) mass is 248 g/mol. The van der Waals surface area contributed by atoms with Crippen LogP contribution in [0, 0.1) is 6.92 Å². The Morgan fingerprint density at radius 1 is 1.50 bits per heavy atom. The van der Waals surface area contributed by atoms with Gasteiger partial charge in [0.25, 0.3) is 0 Å². The molecule has 7 heteroatoms. The number of hydrogen-bond donors (Lipinski definition) is 1. The standard InChI is InChI=1S/C9H13ClN2O4/c1-5-7(10)12-8(9(13)16-5)11-4-6(14-2)15-3/h6H,4H2,1-3H3,(H,11,12). The fourth-order valence-electron chi connectivity index (χ4n) is 1.01. The second-order valence-corrected chi connectivity index (χ2v) is 3.34. The summed E-state index contributed by atoms with van der Waals surface area (Å²) in [5.74, 6) is 0.321. The zero-order valence-corrected chi connectivity index (χ0v) is 10.00. The van der Waals surface area contributed by atoms with Crippen LogP contribution in [0.5, 0.6) is 0 Å². The van der Waals surface area contributed by atoms with Crippen molar-refractivity contribution >= 4 is 17.4 Å². The third kappa shape index (κ3) is 3.19. The molecule has 16 heavy (non-hydrogen) atoms. The van der Waals surface area contributed by atoms with Crippen molar-refractivity contribution in [1.82, 2.24) is 4.98 Å². The van der Waals surface area contributed by atoms with Gasteiger partial charge in [-0.1, -0.05) is 11.6 Å². The van der Waals surface area contributed by atoms with Crippen molar-refractivity contribution in [2.24, 2.45) is 0 Å². The van der Waals surface area contributed by atoms with E-state index in [0.717, 1.165) is 0 Å². The molecule has 0 radical (unpaired) electrons. The Balaban J connectivity index is 2.74. The minimum absolute atomic E-state index is 0.0368. The lowest BCUT2D eigenvalue weighted by Gasteiger charge is -2.13. The van der Waals surface area contributed by atoms with Gasteiger partial charge in [-0.2, -0.15) is 0 Å². The summed E-state index contributed by atoms with van der Waals surface area (Å²) < 4.78 is 14.7. The summed E-state index contributed by atoms with van der Waals surface area (Å²) in [5, 5.41) is 2.88. The number of ether oxygens (including phenoxy) is 2. The lowest BCUT2D eigenvalue weighted by atomic mass is 10.5. The van der Waals surface area contributed by atoms with Gasteiger partial charge in [0, 0.05) is 14.2 Å². The minimum Gasteiger partial charge on any atom is -0.422 e. The number of rotatable bonds is 5. The number of methoxy groups -OCH3 is 2. The van der Waals surface area contributed by atoms with Crippen molar-refractivity contribution in [1.29, 1.82) is 0 Å². The summed E-state index contributed by atoms with van der Waals surface area (Å²) in [6.07, 6.45) is -0.471. The van der Waals surface area contributed by atoms with E-state index in [-0.39, 0.29) is 23.3 Å². The van der Waals surface area contributed by atoms with Gasteiger partial charge in [-0.25, -0.2) is 9.78 Å². The van der Waals surface area contributed by atoms with Gasteiger partial charge in [0.05, 0.1) is 6.54 Å². The summed E-state index contributed by atoms with van der Waals surface area (Å²) in [6, 6.07) is 0. The molecule has 0 aliphatic carbocycles. The van der Waals surface area contributed by atoms with E-state index in [0.29, 0.717) is 0 Å². The maximum absolute atomic E-state index is 11.3. The van der Waals surface area contributed by atoms with Crippen LogP contribution in [0.4, 0.5) is 5.82 Å². The molecule has 1 aromatic heterocycles. The van der Waals surface area contributed by atoms with Crippen molar-refractivity contribution in [2.45, 2.75) is 13.2 Å². The predicted molar refractivity (Wildman–Crippen MR) is 58.8 cm³/mol. The molecule has 0 spiro atoms. The zero-order valence-electron chi connectivity index (χ0n) is 9.24.